The molecule has 1 N–H and O–H groups in total. The highest BCUT2D eigenvalue weighted by molar-refractivity contribution is 7.91. The zero-order valence-electron chi connectivity index (χ0n) is 9.43. The molecule has 0 aliphatic heterocycles. The van der Waals surface area contributed by atoms with Crippen LogP contribution in [0.2, 0.25) is 5.02 Å². The SMILES string of the molecule is [NH]Cc1ccccc1S(=O)(=O)c1ccc(Cl)cc1. The van der Waals surface area contributed by atoms with Crippen LogP contribution in [0.4, 0.5) is 0 Å². The zero-order chi connectivity index (χ0) is 13.2. The lowest BCUT2D eigenvalue weighted by atomic mass is 10.2. The number of hydrogen-bond donors (Lipinski definition) is 0. The van der Waals surface area contributed by atoms with Crippen molar-refractivity contribution in [2.45, 2.75) is 16.3 Å². The molecule has 0 aliphatic carbocycles. The van der Waals surface area contributed by atoms with Crippen LogP contribution in [0.1, 0.15) is 5.56 Å². The lowest BCUT2D eigenvalue weighted by molar-refractivity contribution is 0.595. The maximum atomic E-state index is 12.4. The Morgan fingerprint density at radius 2 is 1.61 bits per heavy atom. The molecule has 3 nitrogen and oxygen atoms in total. The van der Waals surface area contributed by atoms with Crippen molar-refractivity contribution in [2.24, 2.45) is 0 Å². The Balaban J connectivity index is 2.58. The largest absolute Gasteiger partial charge is 0.253 e. The third-order valence-corrected chi connectivity index (χ3v) is 4.70. The van der Waals surface area contributed by atoms with Gasteiger partial charge in [-0.15, -0.1) is 0 Å². The van der Waals surface area contributed by atoms with Gasteiger partial charge in [-0.25, -0.2) is 8.42 Å². The van der Waals surface area contributed by atoms with Crippen molar-refractivity contribution in [1.82, 2.24) is 5.73 Å². The molecule has 0 saturated carbocycles. The van der Waals surface area contributed by atoms with E-state index in [1.165, 1.54) is 30.3 Å². The molecule has 0 saturated heterocycles. The maximum absolute atomic E-state index is 12.4. The summed E-state index contributed by atoms with van der Waals surface area (Å²) in [5, 5.41) is 0.489. The summed E-state index contributed by atoms with van der Waals surface area (Å²) in [6.45, 7) is -0.0665. The lowest BCUT2D eigenvalue weighted by Gasteiger charge is -2.08. The van der Waals surface area contributed by atoms with Gasteiger partial charge in [0.05, 0.1) is 9.79 Å². The standard InChI is InChI=1S/C13H11ClNO2S/c14-11-5-7-12(8-6-11)18(16,17)13-4-2-1-3-10(13)9-15/h1-8,15H,9H2. The topological polar surface area (TPSA) is 57.9 Å². The number of rotatable bonds is 3. The van der Waals surface area contributed by atoms with E-state index in [4.69, 9.17) is 17.3 Å². The van der Waals surface area contributed by atoms with Gasteiger partial charge >= 0.3 is 0 Å². The summed E-state index contributed by atoms with van der Waals surface area (Å²) >= 11 is 5.74. The fourth-order valence-corrected chi connectivity index (χ4v) is 3.27. The van der Waals surface area contributed by atoms with Crippen LogP contribution in [0.3, 0.4) is 0 Å². The van der Waals surface area contributed by atoms with Gasteiger partial charge in [-0.3, -0.25) is 5.73 Å². The molecule has 0 heterocycles. The molecule has 2 aromatic carbocycles. The van der Waals surface area contributed by atoms with Crippen LogP contribution in [-0.2, 0) is 16.4 Å². The summed E-state index contributed by atoms with van der Waals surface area (Å²) in [7, 11) is -3.58. The Kier molecular flexibility index (Phi) is 3.71. The highest BCUT2D eigenvalue weighted by atomic mass is 35.5. The number of nitrogens with one attached hydrogen (secondary N) is 1. The van der Waals surface area contributed by atoms with Gasteiger partial charge in [-0.1, -0.05) is 29.8 Å². The quantitative estimate of drug-likeness (QED) is 0.868. The minimum Gasteiger partial charge on any atom is -0.253 e. The second-order valence-corrected chi connectivity index (χ2v) is 6.10. The molecule has 5 heteroatoms. The van der Waals surface area contributed by atoms with E-state index in [2.05, 4.69) is 0 Å². The van der Waals surface area contributed by atoms with Crippen LogP contribution < -0.4 is 5.73 Å². The Hall–Kier alpha value is -1.36. The zero-order valence-corrected chi connectivity index (χ0v) is 11.0. The van der Waals surface area contributed by atoms with E-state index >= 15 is 0 Å². The molecule has 1 radical (unpaired) electrons. The second-order valence-electron chi connectivity index (χ2n) is 3.74. The van der Waals surface area contributed by atoms with Crippen molar-refractivity contribution in [3.63, 3.8) is 0 Å². The average molecular weight is 281 g/mol. The summed E-state index contributed by atoms with van der Waals surface area (Å²) in [4.78, 5) is 0.370. The molecule has 2 rings (SSSR count). The first-order valence-electron chi connectivity index (χ1n) is 5.29. The Morgan fingerprint density at radius 1 is 1.00 bits per heavy atom. The first-order valence-corrected chi connectivity index (χ1v) is 7.15. The van der Waals surface area contributed by atoms with Crippen LogP contribution in [0.5, 0.6) is 0 Å². The van der Waals surface area contributed by atoms with Crippen molar-refractivity contribution in [3.8, 4) is 0 Å². The van der Waals surface area contributed by atoms with E-state index in [1.807, 2.05) is 0 Å². The highest BCUT2D eigenvalue weighted by Gasteiger charge is 2.20. The van der Waals surface area contributed by atoms with Crippen molar-refractivity contribution >= 4 is 21.4 Å². The maximum Gasteiger partial charge on any atom is 0.206 e. The predicted octanol–water partition coefficient (Wildman–Crippen LogP) is 2.96. The van der Waals surface area contributed by atoms with E-state index in [-0.39, 0.29) is 16.3 Å². The number of halogens is 1. The van der Waals surface area contributed by atoms with E-state index in [0.717, 1.165) is 0 Å². The van der Waals surface area contributed by atoms with Gasteiger partial charge in [0.2, 0.25) is 9.84 Å². The van der Waals surface area contributed by atoms with Crippen LogP contribution in [-0.4, -0.2) is 8.42 Å². The number of hydrogen-bond acceptors (Lipinski definition) is 2. The third-order valence-electron chi connectivity index (χ3n) is 2.58. The van der Waals surface area contributed by atoms with Crippen LogP contribution >= 0.6 is 11.6 Å². The normalized spacial score (nSPS) is 11.4. The van der Waals surface area contributed by atoms with E-state index < -0.39 is 9.84 Å². The molecule has 18 heavy (non-hydrogen) atoms. The van der Waals surface area contributed by atoms with Crippen molar-refractivity contribution in [2.75, 3.05) is 0 Å². The van der Waals surface area contributed by atoms with Gasteiger partial charge in [0.25, 0.3) is 0 Å². The molecule has 0 aromatic heterocycles. The number of sulfone groups is 1. The average Bonchev–Trinajstić information content (AvgIpc) is 2.39. The summed E-state index contributed by atoms with van der Waals surface area (Å²) in [5.74, 6) is 0. The van der Waals surface area contributed by atoms with Crippen molar-refractivity contribution in [1.29, 1.82) is 0 Å². The Bertz CT molecular complexity index is 651. The minimum absolute atomic E-state index is 0.0665. The molecular weight excluding hydrogens is 270 g/mol. The van der Waals surface area contributed by atoms with Crippen LogP contribution in [0.15, 0.2) is 58.3 Å². The molecule has 93 valence electrons. The highest BCUT2D eigenvalue weighted by Crippen LogP contribution is 2.25. The van der Waals surface area contributed by atoms with Crippen LogP contribution in [0.25, 0.3) is 0 Å². The predicted molar refractivity (Wildman–Crippen MR) is 70.1 cm³/mol. The molecule has 0 atom stereocenters. The molecule has 0 unspecified atom stereocenters. The number of benzene rings is 2. The molecule has 0 bridgehead atoms. The lowest BCUT2D eigenvalue weighted by Crippen LogP contribution is -2.05. The monoisotopic (exact) mass is 280 g/mol. The van der Waals surface area contributed by atoms with E-state index in [9.17, 15) is 8.42 Å². The molecule has 2 aromatic rings. The van der Waals surface area contributed by atoms with Gasteiger partial charge in [0.1, 0.15) is 0 Å². The molecule has 0 fully saturated rings. The summed E-state index contributed by atoms with van der Waals surface area (Å²) in [6.07, 6.45) is 0. The van der Waals surface area contributed by atoms with Gasteiger partial charge in [-0.2, -0.15) is 0 Å². The third kappa shape index (κ3) is 2.41. The van der Waals surface area contributed by atoms with Gasteiger partial charge in [0.15, 0.2) is 0 Å². The smallest absolute Gasteiger partial charge is 0.206 e. The fourth-order valence-electron chi connectivity index (χ4n) is 1.65. The second kappa shape index (κ2) is 5.10. The van der Waals surface area contributed by atoms with Crippen molar-refractivity contribution in [3.05, 3.63) is 59.1 Å². The van der Waals surface area contributed by atoms with Crippen molar-refractivity contribution < 1.29 is 8.42 Å². The Labute approximate surface area is 111 Å². The summed E-state index contributed by atoms with van der Waals surface area (Å²) < 4.78 is 24.8. The molecule has 0 amide bonds. The van der Waals surface area contributed by atoms with Crippen LogP contribution in [0, 0.1) is 0 Å². The van der Waals surface area contributed by atoms with E-state index in [0.29, 0.717) is 10.6 Å². The summed E-state index contributed by atoms with van der Waals surface area (Å²) in [5.41, 5.74) is 7.87. The first kappa shape index (κ1) is 13.1. The summed E-state index contributed by atoms with van der Waals surface area (Å²) in [6, 6.07) is 12.6. The van der Waals surface area contributed by atoms with Gasteiger partial charge in [-0.05, 0) is 35.9 Å². The molecule has 0 spiro atoms. The molecule has 0 aliphatic rings. The minimum atomic E-state index is -3.58. The Morgan fingerprint density at radius 3 is 2.22 bits per heavy atom. The molecular formula is C13H11ClNO2S. The first-order chi connectivity index (χ1) is 8.55. The van der Waals surface area contributed by atoms with Gasteiger partial charge < -0.3 is 0 Å². The van der Waals surface area contributed by atoms with E-state index in [1.54, 1.807) is 18.2 Å². The van der Waals surface area contributed by atoms with Gasteiger partial charge in [0, 0.05) is 11.6 Å². The fraction of sp³-hybridized carbons (Fsp3) is 0.0769.